The Balaban J connectivity index is 1.74. The molecule has 1 aromatic rings. The number of piperidine rings is 1. The first-order valence-corrected chi connectivity index (χ1v) is 7.65. The summed E-state index contributed by atoms with van der Waals surface area (Å²) in [6.07, 6.45) is 5.92. The smallest absolute Gasteiger partial charge is 0.142 e. The maximum absolute atomic E-state index is 13.6. The minimum atomic E-state index is -0.213. The Bertz CT molecular complexity index is 462. The van der Waals surface area contributed by atoms with Crippen LogP contribution in [-0.2, 0) is 0 Å². The highest BCUT2D eigenvalue weighted by molar-refractivity contribution is 5.59. The third kappa shape index (κ3) is 3.06. The van der Waals surface area contributed by atoms with Crippen LogP contribution in [0.25, 0.3) is 0 Å². The van der Waals surface area contributed by atoms with E-state index in [1.165, 1.54) is 25.3 Å². The fourth-order valence-corrected chi connectivity index (χ4v) is 2.96. The van der Waals surface area contributed by atoms with Crippen molar-refractivity contribution in [3.05, 3.63) is 24.0 Å². The van der Waals surface area contributed by atoms with E-state index in [0.29, 0.717) is 5.92 Å². The van der Waals surface area contributed by atoms with Crippen molar-refractivity contribution in [2.75, 3.05) is 24.6 Å². The molecule has 1 heterocycles. The lowest BCUT2D eigenvalue weighted by Gasteiger charge is -2.34. The average molecular weight is 278 g/mol. The van der Waals surface area contributed by atoms with E-state index in [-0.39, 0.29) is 11.9 Å². The molecule has 2 N–H and O–H groups in total. The number of rotatable bonds is 4. The first-order chi connectivity index (χ1) is 9.72. The third-order valence-corrected chi connectivity index (χ3v) is 4.42. The monoisotopic (exact) mass is 278 g/mol. The van der Waals surface area contributed by atoms with Crippen LogP contribution in [0.5, 0.6) is 5.75 Å². The van der Waals surface area contributed by atoms with Crippen molar-refractivity contribution in [1.82, 2.24) is 0 Å². The highest BCUT2D eigenvalue weighted by atomic mass is 19.1. The van der Waals surface area contributed by atoms with Crippen LogP contribution in [0.15, 0.2) is 18.2 Å². The number of nitrogens with zero attached hydrogens (tertiary/aromatic N) is 1. The number of ether oxygens (including phenoxy) is 1. The van der Waals surface area contributed by atoms with Crippen LogP contribution in [0.4, 0.5) is 10.1 Å². The second-order valence-electron chi connectivity index (χ2n) is 6.07. The zero-order chi connectivity index (χ0) is 13.9. The molecule has 3 rings (SSSR count). The van der Waals surface area contributed by atoms with Crippen molar-refractivity contribution in [3.8, 4) is 5.75 Å². The minimum Gasteiger partial charge on any atom is -0.491 e. The molecule has 1 saturated carbocycles. The SMILES string of the molecule is NC1CCCN(c2cc(F)ccc2OCC2CCC2)C1. The van der Waals surface area contributed by atoms with Gasteiger partial charge in [0.2, 0.25) is 0 Å². The Morgan fingerprint density at radius 2 is 2.10 bits per heavy atom. The fourth-order valence-electron chi connectivity index (χ4n) is 2.96. The minimum absolute atomic E-state index is 0.173. The molecular weight excluding hydrogens is 255 g/mol. The van der Waals surface area contributed by atoms with Gasteiger partial charge in [-0.05, 0) is 43.7 Å². The van der Waals surface area contributed by atoms with Crippen molar-refractivity contribution in [2.45, 2.75) is 38.1 Å². The molecular formula is C16H23FN2O. The lowest BCUT2D eigenvalue weighted by molar-refractivity contribution is 0.180. The summed E-state index contributed by atoms with van der Waals surface area (Å²) in [4.78, 5) is 2.16. The van der Waals surface area contributed by atoms with E-state index in [2.05, 4.69) is 4.90 Å². The van der Waals surface area contributed by atoms with E-state index in [1.54, 1.807) is 12.1 Å². The highest BCUT2D eigenvalue weighted by Gasteiger charge is 2.22. The molecule has 0 spiro atoms. The normalized spacial score (nSPS) is 23.5. The molecule has 1 aliphatic heterocycles. The van der Waals surface area contributed by atoms with E-state index in [1.807, 2.05) is 0 Å². The number of nitrogens with two attached hydrogens (primary N) is 1. The van der Waals surface area contributed by atoms with E-state index in [9.17, 15) is 4.39 Å². The molecule has 0 amide bonds. The summed E-state index contributed by atoms with van der Waals surface area (Å²) in [6, 6.07) is 4.98. The van der Waals surface area contributed by atoms with Crippen molar-refractivity contribution < 1.29 is 9.13 Å². The first kappa shape index (κ1) is 13.7. The van der Waals surface area contributed by atoms with Gasteiger partial charge in [0.1, 0.15) is 11.6 Å². The Labute approximate surface area is 119 Å². The molecule has 1 aromatic carbocycles. The summed E-state index contributed by atoms with van der Waals surface area (Å²) in [7, 11) is 0. The lowest BCUT2D eigenvalue weighted by atomic mass is 9.86. The Morgan fingerprint density at radius 3 is 2.80 bits per heavy atom. The average Bonchev–Trinajstić information content (AvgIpc) is 2.38. The van der Waals surface area contributed by atoms with E-state index in [4.69, 9.17) is 10.5 Å². The summed E-state index contributed by atoms with van der Waals surface area (Å²) in [6.45, 7) is 2.46. The van der Waals surface area contributed by atoms with Crippen LogP contribution in [-0.4, -0.2) is 25.7 Å². The first-order valence-electron chi connectivity index (χ1n) is 7.65. The molecule has 2 fully saturated rings. The molecule has 1 saturated heterocycles. The van der Waals surface area contributed by atoms with Crippen LogP contribution in [0.3, 0.4) is 0 Å². The third-order valence-electron chi connectivity index (χ3n) is 4.42. The topological polar surface area (TPSA) is 38.5 Å². The Morgan fingerprint density at radius 1 is 1.25 bits per heavy atom. The molecule has 110 valence electrons. The molecule has 1 aliphatic carbocycles. The summed E-state index contributed by atoms with van der Waals surface area (Å²) >= 11 is 0. The van der Waals surface area contributed by atoms with E-state index >= 15 is 0 Å². The van der Waals surface area contributed by atoms with E-state index in [0.717, 1.165) is 44.0 Å². The van der Waals surface area contributed by atoms with Crippen molar-refractivity contribution >= 4 is 5.69 Å². The zero-order valence-corrected chi connectivity index (χ0v) is 11.9. The van der Waals surface area contributed by atoms with Gasteiger partial charge in [0, 0.05) is 25.2 Å². The second-order valence-corrected chi connectivity index (χ2v) is 6.07. The van der Waals surface area contributed by atoms with Crippen molar-refractivity contribution in [2.24, 2.45) is 11.7 Å². The van der Waals surface area contributed by atoms with Crippen molar-refractivity contribution in [1.29, 1.82) is 0 Å². The molecule has 3 nitrogen and oxygen atoms in total. The van der Waals surface area contributed by atoms with Gasteiger partial charge in [-0.3, -0.25) is 0 Å². The van der Waals surface area contributed by atoms with Gasteiger partial charge in [-0.15, -0.1) is 0 Å². The van der Waals surface area contributed by atoms with Crippen LogP contribution in [0.1, 0.15) is 32.1 Å². The van der Waals surface area contributed by atoms with Gasteiger partial charge in [0.05, 0.1) is 12.3 Å². The van der Waals surface area contributed by atoms with Crippen molar-refractivity contribution in [3.63, 3.8) is 0 Å². The van der Waals surface area contributed by atoms with E-state index < -0.39 is 0 Å². The molecule has 2 aliphatic rings. The van der Waals surface area contributed by atoms with Gasteiger partial charge in [-0.2, -0.15) is 0 Å². The Kier molecular flexibility index (Phi) is 4.10. The van der Waals surface area contributed by atoms with Gasteiger partial charge in [-0.25, -0.2) is 4.39 Å². The standard InChI is InChI=1S/C16H23FN2O/c17-13-6-7-16(20-11-12-3-1-4-12)15(9-13)19-8-2-5-14(18)10-19/h6-7,9,12,14H,1-5,8,10-11,18H2. The molecule has 4 heteroatoms. The van der Waals surface area contributed by atoms with Gasteiger partial charge >= 0.3 is 0 Å². The lowest BCUT2D eigenvalue weighted by Crippen LogP contribution is -2.43. The largest absolute Gasteiger partial charge is 0.491 e. The Hall–Kier alpha value is -1.29. The quantitative estimate of drug-likeness (QED) is 0.920. The fraction of sp³-hybridized carbons (Fsp3) is 0.625. The summed E-state index contributed by atoms with van der Waals surface area (Å²) in [5, 5.41) is 0. The van der Waals surface area contributed by atoms with Crippen LogP contribution < -0.4 is 15.4 Å². The number of hydrogen-bond acceptors (Lipinski definition) is 3. The molecule has 1 unspecified atom stereocenters. The number of anilines is 1. The predicted octanol–water partition coefficient (Wildman–Crippen LogP) is 2.93. The second kappa shape index (κ2) is 6.00. The number of halogens is 1. The van der Waals surface area contributed by atoms with Crippen LogP contribution in [0, 0.1) is 11.7 Å². The molecule has 0 radical (unpaired) electrons. The molecule has 0 aromatic heterocycles. The molecule has 20 heavy (non-hydrogen) atoms. The molecule has 0 bridgehead atoms. The zero-order valence-electron chi connectivity index (χ0n) is 11.9. The van der Waals surface area contributed by atoms with Gasteiger partial charge in [0.15, 0.2) is 0 Å². The summed E-state index contributed by atoms with van der Waals surface area (Å²) in [5.41, 5.74) is 6.89. The summed E-state index contributed by atoms with van der Waals surface area (Å²) < 4.78 is 19.5. The van der Waals surface area contributed by atoms with Gasteiger partial charge < -0.3 is 15.4 Å². The maximum Gasteiger partial charge on any atom is 0.142 e. The maximum atomic E-state index is 13.6. The van der Waals surface area contributed by atoms with Gasteiger partial charge in [-0.1, -0.05) is 6.42 Å². The predicted molar refractivity (Wildman–Crippen MR) is 78.7 cm³/mol. The number of benzene rings is 1. The summed E-state index contributed by atoms with van der Waals surface area (Å²) in [5.74, 6) is 1.26. The number of hydrogen-bond donors (Lipinski definition) is 1. The van der Waals surface area contributed by atoms with Gasteiger partial charge in [0.25, 0.3) is 0 Å². The molecule has 1 atom stereocenters. The van der Waals surface area contributed by atoms with Crippen LogP contribution >= 0.6 is 0 Å². The highest BCUT2D eigenvalue weighted by Crippen LogP contribution is 2.33. The van der Waals surface area contributed by atoms with Crippen LogP contribution in [0.2, 0.25) is 0 Å².